The smallest absolute Gasteiger partial charge is 0.265 e. The Balaban J connectivity index is 1.76. The summed E-state index contributed by atoms with van der Waals surface area (Å²) in [5.74, 6) is -2.97. The van der Waals surface area contributed by atoms with E-state index in [2.05, 4.69) is 5.32 Å². The van der Waals surface area contributed by atoms with Crippen LogP contribution in [-0.4, -0.2) is 29.2 Å². The molecule has 0 saturated carbocycles. The third-order valence-corrected chi connectivity index (χ3v) is 3.53. The highest BCUT2D eigenvalue weighted by Crippen LogP contribution is 2.25. The monoisotopic (exact) mass is 323 g/mol. The van der Waals surface area contributed by atoms with Crippen LogP contribution in [0.15, 0.2) is 42.5 Å². The van der Waals surface area contributed by atoms with Crippen molar-refractivity contribution in [1.82, 2.24) is 4.90 Å². The van der Waals surface area contributed by atoms with Crippen molar-refractivity contribution in [2.24, 2.45) is 0 Å². The van der Waals surface area contributed by atoms with Gasteiger partial charge in [-0.25, -0.2) is 4.39 Å². The zero-order valence-electron chi connectivity index (χ0n) is 12.2. The summed E-state index contributed by atoms with van der Waals surface area (Å²) >= 11 is 0. The number of amides is 3. The van der Waals surface area contributed by atoms with Crippen LogP contribution in [0.25, 0.3) is 0 Å². The standard InChI is InChI=1S/C17H10FN3O3/c18-13-6-2-5-12-15(13)17(24)21(16(12)23)9-14(22)20-11-4-1-3-10(7-11)8-19/h1-7H,9H2,(H,20,22). The molecule has 3 amide bonds. The fourth-order valence-corrected chi connectivity index (χ4v) is 2.45. The first-order valence-corrected chi connectivity index (χ1v) is 6.96. The van der Waals surface area contributed by atoms with Crippen molar-refractivity contribution in [3.63, 3.8) is 0 Å². The van der Waals surface area contributed by atoms with E-state index in [0.29, 0.717) is 16.2 Å². The van der Waals surface area contributed by atoms with Gasteiger partial charge in [0.05, 0.1) is 22.8 Å². The topological polar surface area (TPSA) is 90.3 Å². The van der Waals surface area contributed by atoms with Crippen LogP contribution in [0.3, 0.4) is 0 Å². The van der Waals surface area contributed by atoms with Gasteiger partial charge in [0.2, 0.25) is 5.91 Å². The van der Waals surface area contributed by atoms with Crippen molar-refractivity contribution in [2.75, 3.05) is 11.9 Å². The molecule has 0 aromatic heterocycles. The summed E-state index contributed by atoms with van der Waals surface area (Å²) in [5.41, 5.74) is 0.346. The molecule has 0 fully saturated rings. The number of halogens is 1. The van der Waals surface area contributed by atoms with E-state index in [1.165, 1.54) is 18.2 Å². The molecule has 0 bridgehead atoms. The molecule has 1 heterocycles. The number of carbonyl (C=O) groups excluding carboxylic acids is 3. The maximum Gasteiger partial charge on any atom is 0.265 e. The molecule has 2 aromatic carbocycles. The number of nitriles is 1. The van der Waals surface area contributed by atoms with Crippen molar-refractivity contribution in [3.8, 4) is 6.07 Å². The number of hydrogen-bond acceptors (Lipinski definition) is 4. The molecule has 0 unspecified atom stereocenters. The van der Waals surface area contributed by atoms with E-state index in [1.54, 1.807) is 18.2 Å². The largest absolute Gasteiger partial charge is 0.324 e. The van der Waals surface area contributed by atoms with Gasteiger partial charge in [0, 0.05) is 5.69 Å². The number of benzene rings is 2. The fourth-order valence-electron chi connectivity index (χ4n) is 2.45. The third kappa shape index (κ3) is 2.61. The minimum atomic E-state index is -0.839. The molecule has 24 heavy (non-hydrogen) atoms. The Bertz CT molecular complexity index is 918. The lowest BCUT2D eigenvalue weighted by atomic mass is 10.1. The quantitative estimate of drug-likeness (QED) is 0.874. The van der Waals surface area contributed by atoms with E-state index >= 15 is 0 Å². The second-order valence-corrected chi connectivity index (χ2v) is 5.10. The molecule has 0 aliphatic carbocycles. The fraction of sp³-hybridized carbons (Fsp3) is 0.0588. The van der Waals surface area contributed by atoms with E-state index in [0.717, 1.165) is 6.07 Å². The molecule has 1 aliphatic heterocycles. The number of nitrogens with one attached hydrogen (secondary N) is 1. The number of imide groups is 1. The second-order valence-electron chi connectivity index (χ2n) is 5.10. The van der Waals surface area contributed by atoms with Crippen LogP contribution >= 0.6 is 0 Å². The molecule has 6 nitrogen and oxygen atoms in total. The summed E-state index contributed by atoms with van der Waals surface area (Å²) in [7, 11) is 0. The Morgan fingerprint density at radius 1 is 1.17 bits per heavy atom. The van der Waals surface area contributed by atoms with Crippen LogP contribution in [0, 0.1) is 17.1 Å². The molecule has 7 heteroatoms. The van der Waals surface area contributed by atoms with Gasteiger partial charge in [-0.1, -0.05) is 12.1 Å². The molecule has 2 aromatic rings. The highest BCUT2D eigenvalue weighted by Gasteiger charge is 2.38. The summed E-state index contributed by atoms with van der Waals surface area (Å²) in [5, 5.41) is 11.3. The highest BCUT2D eigenvalue weighted by molar-refractivity contribution is 6.22. The predicted octanol–water partition coefficient (Wildman–Crippen LogP) is 1.93. The Kier molecular flexibility index (Phi) is 3.80. The zero-order valence-corrected chi connectivity index (χ0v) is 12.2. The Morgan fingerprint density at radius 2 is 1.92 bits per heavy atom. The normalized spacial score (nSPS) is 12.8. The minimum Gasteiger partial charge on any atom is -0.324 e. The lowest BCUT2D eigenvalue weighted by Gasteiger charge is -2.13. The Hall–Kier alpha value is -3.53. The van der Waals surface area contributed by atoms with Crippen LogP contribution in [0.2, 0.25) is 0 Å². The SMILES string of the molecule is N#Cc1cccc(NC(=O)CN2C(=O)c3cccc(F)c3C2=O)c1. The first-order chi connectivity index (χ1) is 11.5. The molecule has 3 rings (SSSR count). The molecule has 1 N–H and O–H groups in total. The lowest BCUT2D eigenvalue weighted by molar-refractivity contribution is -0.116. The van der Waals surface area contributed by atoms with Gasteiger partial charge in [-0.15, -0.1) is 0 Å². The van der Waals surface area contributed by atoms with Gasteiger partial charge >= 0.3 is 0 Å². The van der Waals surface area contributed by atoms with Gasteiger partial charge in [-0.05, 0) is 30.3 Å². The molecule has 0 saturated heterocycles. The first-order valence-electron chi connectivity index (χ1n) is 6.96. The van der Waals surface area contributed by atoms with Crippen LogP contribution in [0.4, 0.5) is 10.1 Å². The van der Waals surface area contributed by atoms with Gasteiger partial charge in [0.25, 0.3) is 11.8 Å². The number of anilines is 1. The lowest BCUT2D eigenvalue weighted by Crippen LogP contribution is -2.37. The van der Waals surface area contributed by atoms with Crippen LogP contribution < -0.4 is 5.32 Å². The highest BCUT2D eigenvalue weighted by atomic mass is 19.1. The predicted molar refractivity (Wildman–Crippen MR) is 81.6 cm³/mol. The van der Waals surface area contributed by atoms with E-state index in [9.17, 15) is 18.8 Å². The summed E-state index contributed by atoms with van der Waals surface area (Å²) in [6.07, 6.45) is 0. The van der Waals surface area contributed by atoms with Crippen molar-refractivity contribution in [2.45, 2.75) is 0 Å². The van der Waals surface area contributed by atoms with Crippen molar-refractivity contribution in [1.29, 1.82) is 5.26 Å². The van der Waals surface area contributed by atoms with Crippen molar-refractivity contribution in [3.05, 3.63) is 65.0 Å². The van der Waals surface area contributed by atoms with Crippen LogP contribution in [0.1, 0.15) is 26.3 Å². The Labute approximate surface area is 136 Å². The van der Waals surface area contributed by atoms with E-state index in [1.807, 2.05) is 6.07 Å². The Morgan fingerprint density at radius 3 is 2.62 bits per heavy atom. The number of carbonyl (C=O) groups is 3. The molecule has 118 valence electrons. The maximum absolute atomic E-state index is 13.7. The summed E-state index contributed by atoms with van der Waals surface area (Å²) in [6, 6.07) is 11.9. The number of nitrogens with zero attached hydrogens (tertiary/aromatic N) is 2. The van der Waals surface area contributed by atoms with Crippen molar-refractivity contribution >= 4 is 23.4 Å². The van der Waals surface area contributed by atoms with E-state index in [-0.39, 0.29) is 11.1 Å². The van der Waals surface area contributed by atoms with E-state index in [4.69, 9.17) is 5.26 Å². The van der Waals surface area contributed by atoms with Gasteiger partial charge in [-0.2, -0.15) is 5.26 Å². The van der Waals surface area contributed by atoms with Gasteiger partial charge < -0.3 is 5.32 Å². The summed E-state index contributed by atoms with van der Waals surface area (Å²) in [6.45, 7) is -0.539. The van der Waals surface area contributed by atoms with Crippen molar-refractivity contribution < 1.29 is 18.8 Å². The van der Waals surface area contributed by atoms with Gasteiger partial charge in [0.15, 0.2) is 0 Å². The van der Waals surface area contributed by atoms with Crippen LogP contribution in [0.5, 0.6) is 0 Å². The maximum atomic E-state index is 13.7. The minimum absolute atomic E-state index is 0.0562. The zero-order chi connectivity index (χ0) is 17.3. The average molecular weight is 323 g/mol. The van der Waals surface area contributed by atoms with Gasteiger partial charge in [-0.3, -0.25) is 19.3 Å². The second kappa shape index (κ2) is 5.93. The first kappa shape index (κ1) is 15.4. The molecule has 0 radical (unpaired) electrons. The molecular formula is C17H10FN3O3. The average Bonchev–Trinajstić information content (AvgIpc) is 2.81. The molecule has 1 aliphatic rings. The number of fused-ring (bicyclic) bond motifs is 1. The summed E-state index contributed by atoms with van der Waals surface area (Å²) < 4.78 is 13.7. The number of rotatable bonds is 3. The molecule has 0 spiro atoms. The van der Waals surface area contributed by atoms with Crippen LogP contribution in [-0.2, 0) is 4.79 Å². The van der Waals surface area contributed by atoms with E-state index < -0.39 is 30.1 Å². The third-order valence-electron chi connectivity index (χ3n) is 3.53. The van der Waals surface area contributed by atoms with Gasteiger partial charge in [0.1, 0.15) is 12.4 Å². The number of hydrogen-bond donors (Lipinski definition) is 1. The molecular weight excluding hydrogens is 313 g/mol. The summed E-state index contributed by atoms with van der Waals surface area (Å²) in [4.78, 5) is 37.1. The molecule has 0 atom stereocenters.